The maximum atomic E-state index is 3.27. The zero-order chi connectivity index (χ0) is 10.1. The Morgan fingerprint density at radius 2 is 1.87 bits per heavy atom. The molecular weight excluding hydrogens is 184 g/mol. The lowest BCUT2D eigenvalue weighted by molar-refractivity contribution is 0.578. The fourth-order valence-corrected chi connectivity index (χ4v) is 2.38. The van der Waals surface area contributed by atoms with Crippen LogP contribution in [0.5, 0.6) is 0 Å². The summed E-state index contributed by atoms with van der Waals surface area (Å²) in [5, 5.41) is 1.30. The maximum absolute atomic E-state index is 3.27. The number of hydrogen-bond donors (Lipinski definition) is 1. The topological polar surface area (TPSA) is 19.0 Å². The minimum absolute atomic E-state index is 1.21. The smallest absolute Gasteiger partial charge is 0.0474 e. The number of anilines is 1. The summed E-state index contributed by atoms with van der Waals surface area (Å²) in [6, 6.07) is 8.83. The molecule has 1 fully saturated rings. The molecule has 2 nitrogen and oxygen atoms in total. The first kappa shape index (κ1) is 8.84. The normalized spacial score (nSPS) is 17.2. The SMILES string of the molecule is c1cc2ccc(N3CCCCC3)cc2[nH]1. The van der Waals surface area contributed by atoms with Crippen LogP contribution >= 0.6 is 0 Å². The molecule has 1 aromatic carbocycles. The summed E-state index contributed by atoms with van der Waals surface area (Å²) in [5.41, 5.74) is 2.61. The average molecular weight is 200 g/mol. The molecular formula is C13H16N2. The largest absolute Gasteiger partial charge is 0.371 e. The van der Waals surface area contributed by atoms with Gasteiger partial charge in [-0.1, -0.05) is 6.07 Å². The molecule has 2 aromatic rings. The van der Waals surface area contributed by atoms with E-state index < -0.39 is 0 Å². The predicted molar refractivity (Wildman–Crippen MR) is 64.4 cm³/mol. The average Bonchev–Trinajstić information content (AvgIpc) is 2.77. The minimum Gasteiger partial charge on any atom is -0.371 e. The minimum atomic E-state index is 1.21. The van der Waals surface area contributed by atoms with E-state index >= 15 is 0 Å². The Kier molecular flexibility index (Phi) is 2.13. The highest BCUT2D eigenvalue weighted by Gasteiger charge is 2.10. The lowest BCUT2D eigenvalue weighted by Crippen LogP contribution is -2.29. The number of aromatic nitrogens is 1. The van der Waals surface area contributed by atoms with Crippen molar-refractivity contribution in [3.63, 3.8) is 0 Å². The first-order valence-corrected chi connectivity index (χ1v) is 5.75. The first-order valence-electron chi connectivity index (χ1n) is 5.75. The fraction of sp³-hybridized carbons (Fsp3) is 0.385. The molecule has 2 heteroatoms. The molecule has 0 saturated carbocycles. The zero-order valence-electron chi connectivity index (χ0n) is 8.87. The third-order valence-corrected chi connectivity index (χ3v) is 3.26. The number of nitrogens with zero attached hydrogens (tertiary/aromatic N) is 1. The van der Waals surface area contributed by atoms with Gasteiger partial charge in [0.05, 0.1) is 0 Å². The predicted octanol–water partition coefficient (Wildman–Crippen LogP) is 3.16. The molecule has 3 rings (SSSR count). The number of fused-ring (bicyclic) bond motifs is 1. The Morgan fingerprint density at radius 3 is 2.73 bits per heavy atom. The molecule has 15 heavy (non-hydrogen) atoms. The van der Waals surface area contributed by atoms with E-state index in [1.54, 1.807) is 0 Å². The van der Waals surface area contributed by atoms with Gasteiger partial charge in [0.25, 0.3) is 0 Å². The summed E-state index contributed by atoms with van der Waals surface area (Å²) in [4.78, 5) is 5.76. The molecule has 2 heterocycles. The third-order valence-electron chi connectivity index (χ3n) is 3.26. The molecule has 1 aliphatic heterocycles. The van der Waals surface area contributed by atoms with Gasteiger partial charge in [-0.2, -0.15) is 0 Å². The molecule has 1 aromatic heterocycles. The Balaban J connectivity index is 1.95. The van der Waals surface area contributed by atoms with E-state index in [0.717, 1.165) is 0 Å². The molecule has 0 unspecified atom stereocenters. The summed E-state index contributed by atoms with van der Waals surface area (Å²) in [5.74, 6) is 0. The van der Waals surface area contributed by atoms with Gasteiger partial charge < -0.3 is 9.88 Å². The lowest BCUT2D eigenvalue weighted by atomic mass is 10.1. The molecule has 78 valence electrons. The van der Waals surface area contributed by atoms with E-state index in [1.165, 1.54) is 48.9 Å². The van der Waals surface area contributed by atoms with Gasteiger partial charge >= 0.3 is 0 Å². The molecule has 0 spiro atoms. The highest BCUT2D eigenvalue weighted by molar-refractivity contribution is 5.83. The highest BCUT2D eigenvalue weighted by atomic mass is 15.1. The quantitative estimate of drug-likeness (QED) is 0.749. The van der Waals surface area contributed by atoms with Gasteiger partial charge in [0.2, 0.25) is 0 Å². The van der Waals surface area contributed by atoms with Crippen LogP contribution in [0.4, 0.5) is 5.69 Å². The van der Waals surface area contributed by atoms with Crippen LogP contribution in [0, 0.1) is 0 Å². The van der Waals surface area contributed by atoms with Crippen molar-refractivity contribution in [1.82, 2.24) is 4.98 Å². The number of aromatic amines is 1. The van der Waals surface area contributed by atoms with Gasteiger partial charge in [-0.15, -0.1) is 0 Å². The summed E-state index contributed by atoms with van der Waals surface area (Å²) in [7, 11) is 0. The van der Waals surface area contributed by atoms with Crippen LogP contribution in [0.25, 0.3) is 10.9 Å². The van der Waals surface area contributed by atoms with Gasteiger partial charge in [-0.05, 0) is 42.8 Å². The van der Waals surface area contributed by atoms with E-state index in [4.69, 9.17) is 0 Å². The van der Waals surface area contributed by atoms with Crippen LogP contribution in [-0.4, -0.2) is 18.1 Å². The summed E-state index contributed by atoms with van der Waals surface area (Å²) >= 11 is 0. The molecule has 0 amide bonds. The standard InChI is InChI=1S/C13H16N2/c1-2-8-15(9-3-1)12-5-4-11-6-7-14-13(11)10-12/h4-7,10,14H,1-3,8-9H2. The maximum Gasteiger partial charge on any atom is 0.0474 e. The Morgan fingerprint density at radius 1 is 1.00 bits per heavy atom. The number of hydrogen-bond acceptors (Lipinski definition) is 1. The van der Waals surface area contributed by atoms with E-state index in [2.05, 4.69) is 34.1 Å². The molecule has 0 bridgehead atoms. The van der Waals surface area contributed by atoms with E-state index in [-0.39, 0.29) is 0 Å². The number of rotatable bonds is 1. The van der Waals surface area contributed by atoms with Gasteiger partial charge in [0, 0.05) is 30.5 Å². The Bertz CT molecular complexity index is 452. The lowest BCUT2D eigenvalue weighted by Gasteiger charge is -2.28. The number of piperidine rings is 1. The van der Waals surface area contributed by atoms with Crippen molar-refractivity contribution in [3.05, 3.63) is 30.5 Å². The van der Waals surface area contributed by atoms with Crippen LogP contribution < -0.4 is 4.90 Å². The fourth-order valence-electron chi connectivity index (χ4n) is 2.38. The summed E-state index contributed by atoms with van der Waals surface area (Å²) < 4.78 is 0. The monoisotopic (exact) mass is 200 g/mol. The van der Waals surface area contributed by atoms with Crippen LogP contribution in [-0.2, 0) is 0 Å². The van der Waals surface area contributed by atoms with E-state index in [1.807, 2.05) is 6.20 Å². The van der Waals surface area contributed by atoms with Crippen molar-refractivity contribution in [2.24, 2.45) is 0 Å². The molecule has 1 N–H and O–H groups in total. The highest BCUT2D eigenvalue weighted by Crippen LogP contribution is 2.23. The Hall–Kier alpha value is -1.44. The van der Waals surface area contributed by atoms with Crippen LogP contribution in [0.2, 0.25) is 0 Å². The molecule has 1 aliphatic rings. The van der Waals surface area contributed by atoms with Crippen molar-refractivity contribution in [1.29, 1.82) is 0 Å². The third kappa shape index (κ3) is 1.60. The zero-order valence-corrected chi connectivity index (χ0v) is 8.87. The van der Waals surface area contributed by atoms with Gasteiger partial charge in [-0.25, -0.2) is 0 Å². The first-order chi connectivity index (χ1) is 7.43. The van der Waals surface area contributed by atoms with Gasteiger partial charge in [0.1, 0.15) is 0 Å². The van der Waals surface area contributed by atoms with E-state index in [9.17, 15) is 0 Å². The van der Waals surface area contributed by atoms with Crippen molar-refractivity contribution in [2.75, 3.05) is 18.0 Å². The van der Waals surface area contributed by atoms with Crippen molar-refractivity contribution < 1.29 is 0 Å². The molecule has 1 saturated heterocycles. The Labute approximate surface area is 89.9 Å². The molecule has 0 aliphatic carbocycles. The number of H-pyrrole nitrogens is 1. The number of benzene rings is 1. The second kappa shape index (κ2) is 3.61. The second-order valence-corrected chi connectivity index (χ2v) is 4.30. The summed E-state index contributed by atoms with van der Waals surface area (Å²) in [6.45, 7) is 2.43. The van der Waals surface area contributed by atoms with Gasteiger partial charge in [0.15, 0.2) is 0 Å². The van der Waals surface area contributed by atoms with Crippen molar-refractivity contribution in [3.8, 4) is 0 Å². The number of nitrogens with one attached hydrogen (secondary N) is 1. The molecule has 0 radical (unpaired) electrons. The van der Waals surface area contributed by atoms with Crippen LogP contribution in [0.1, 0.15) is 19.3 Å². The van der Waals surface area contributed by atoms with E-state index in [0.29, 0.717) is 0 Å². The van der Waals surface area contributed by atoms with Gasteiger partial charge in [-0.3, -0.25) is 0 Å². The summed E-state index contributed by atoms with van der Waals surface area (Å²) in [6.07, 6.45) is 6.07. The van der Waals surface area contributed by atoms with Crippen LogP contribution in [0.15, 0.2) is 30.5 Å². The van der Waals surface area contributed by atoms with Crippen LogP contribution in [0.3, 0.4) is 0 Å². The van der Waals surface area contributed by atoms with Crippen molar-refractivity contribution >= 4 is 16.6 Å². The molecule has 0 atom stereocenters. The second-order valence-electron chi connectivity index (χ2n) is 4.30. The van der Waals surface area contributed by atoms with Crippen molar-refractivity contribution in [2.45, 2.75) is 19.3 Å².